The summed E-state index contributed by atoms with van der Waals surface area (Å²) < 4.78 is 10.8. The molecule has 13 nitrogen and oxygen atoms in total. The Hall–Kier alpha value is -5.82. The maximum absolute atomic E-state index is 13.7. The number of aryl methyl sites for hydroxylation is 1. The van der Waals surface area contributed by atoms with E-state index in [9.17, 15) is 54.9 Å². The standard InChI is InChI=1S/C32H24O13/c1-9-5-12(33)18-22(24(9)35)25(36)10-6-14(44-3)20(29(40)16(10)27(18)38)21-15(45-4)7-11-17(30(21)41)28(39)19-13(34)8-32(2,43)31(42)23(19)26(11)37/h5-7,33,35,37,39-41,43H,8H2,1-4H3/t32-/m1/s1. The first-order valence-corrected chi connectivity index (χ1v) is 13.3. The number of phenols is 6. The average molecular weight is 617 g/mol. The Morgan fingerprint density at radius 2 is 1.22 bits per heavy atom. The van der Waals surface area contributed by atoms with Gasteiger partial charge >= 0.3 is 0 Å². The van der Waals surface area contributed by atoms with Crippen LogP contribution < -0.4 is 9.47 Å². The quantitative estimate of drug-likeness (QED) is 0.144. The highest BCUT2D eigenvalue weighted by atomic mass is 16.5. The molecule has 1 atom stereocenters. The number of carbonyl (C=O) groups is 4. The molecule has 13 heteroatoms. The molecular formula is C32H24O13. The second-order valence-corrected chi connectivity index (χ2v) is 11.1. The number of ether oxygens (including phenoxy) is 2. The number of phenolic OH excluding ortho intramolecular Hbond substituents is 6. The molecule has 230 valence electrons. The molecule has 7 N–H and O–H groups in total. The van der Waals surface area contributed by atoms with E-state index in [4.69, 9.17) is 9.47 Å². The maximum atomic E-state index is 13.7. The van der Waals surface area contributed by atoms with Crippen LogP contribution in [-0.2, 0) is 0 Å². The van der Waals surface area contributed by atoms with Crippen molar-refractivity contribution in [2.45, 2.75) is 25.9 Å². The van der Waals surface area contributed by atoms with Crippen molar-refractivity contribution >= 4 is 33.9 Å². The molecule has 0 saturated heterocycles. The summed E-state index contributed by atoms with van der Waals surface area (Å²) >= 11 is 0. The largest absolute Gasteiger partial charge is 0.507 e. The SMILES string of the molecule is COc1cc2c(c(O)c1-c1c(OC)cc3c(O)c4c(c(O)c3c1O)C(=O)C[C@@](C)(O)C4=O)C(=O)c1c(O)cc(C)c(O)c1C2=O. The highest BCUT2D eigenvalue weighted by Gasteiger charge is 2.46. The minimum absolute atomic E-state index is 0.114. The van der Waals surface area contributed by atoms with Gasteiger partial charge in [-0.3, -0.25) is 19.2 Å². The van der Waals surface area contributed by atoms with Gasteiger partial charge in [-0.15, -0.1) is 0 Å². The van der Waals surface area contributed by atoms with Gasteiger partial charge in [0.15, 0.2) is 17.3 Å². The predicted octanol–water partition coefficient (Wildman–Crippen LogP) is 3.36. The van der Waals surface area contributed by atoms with Gasteiger partial charge in [-0.25, -0.2) is 0 Å². The lowest BCUT2D eigenvalue weighted by Crippen LogP contribution is -2.42. The van der Waals surface area contributed by atoms with Gasteiger partial charge in [0.25, 0.3) is 0 Å². The van der Waals surface area contributed by atoms with Gasteiger partial charge in [0.1, 0.15) is 51.6 Å². The van der Waals surface area contributed by atoms with E-state index in [1.165, 1.54) is 6.92 Å². The number of carbonyl (C=O) groups excluding carboxylic acids is 4. The lowest BCUT2D eigenvalue weighted by molar-refractivity contribution is 0.0322. The highest BCUT2D eigenvalue weighted by molar-refractivity contribution is 6.32. The van der Waals surface area contributed by atoms with Crippen molar-refractivity contribution in [3.63, 3.8) is 0 Å². The number of hydrogen-bond donors (Lipinski definition) is 7. The van der Waals surface area contributed by atoms with Gasteiger partial charge in [-0.1, -0.05) is 0 Å². The van der Waals surface area contributed by atoms with Crippen LogP contribution in [0.2, 0.25) is 0 Å². The Kier molecular flexibility index (Phi) is 6.07. The molecule has 2 aliphatic carbocycles. The Bertz CT molecular complexity index is 2120. The molecule has 0 bridgehead atoms. The number of aliphatic hydroxyl groups is 1. The lowest BCUT2D eigenvalue weighted by Gasteiger charge is -2.29. The van der Waals surface area contributed by atoms with Crippen LogP contribution in [0.4, 0.5) is 0 Å². The van der Waals surface area contributed by atoms with Crippen molar-refractivity contribution in [1.82, 2.24) is 0 Å². The zero-order chi connectivity index (χ0) is 33.0. The molecule has 4 aromatic carbocycles. The summed E-state index contributed by atoms with van der Waals surface area (Å²) in [5.74, 6) is -9.24. The number of ketones is 4. The van der Waals surface area contributed by atoms with Gasteiger partial charge in [0, 0.05) is 17.4 Å². The molecule has 0 aromatic heterocycles. The monoisotopic (exact) mass is 616 g/mol. The minimum atomic E-state index is -2.18. The molecule has 0 heterocycles. The lowest BCUT2D eigenvalue weighted by atomic mass is 9.77. The van der Waals surface area contributed by atoms with Crippen LogP contribution in [0.1, 0.15) is 71.5 Å². The molecule has 45 heavy (non-hydrogen) atoms. The van der Waals surface area contributed by atoms with Crippen LogP contribution in [0.15, 0.2) is 18.2 Å². The molecular weight excluding hydrogens is 592 g/mol. The fourth-order valence-corrected chi connectivity index (χ4v) is 6.17. The number of aromatic hydroxyl groups is 6. The Morgan fingerprint density at radius 1 is 0.644 bits per heavy atom. The summed E-state index contributed by atoms with van der Waals surface area (Å²) in [6.07, 6.45) is -0.722. The van der Waals surface area contributed by atoms with E-state index < -0.39 is 120 Å². The van der Waals surface area contributed by atoms with Crippen LogP contribution in [-0.4, -0.2) is 78.7 Å². The highest BCUT2D eigenvalue weighted by Crippen LogP contribution is 2.57. The molecule has 0 fully saturated rings. The zero-order valence-corrected chi connectivity index (χ0v) is 24.0. The van der Waals surface area contributed by atoms with Crippen LogP contribution in [0.25, 0.3) is 21.9 Å². The first-order valence-electron chi connectivity index (χ1n) is 13.3. The molecule has 0 amide bonds. The number of hydrogen-bond acceptors (Lipinski definition) is 13. The zero-order valence-electron chi connectivity index (χ0n) is 24.0. The second kappa shape index (κ2) is 9.34. The van der Waals surface area contributed by atoms with Crippen molar-refractivity contribution in [2.75, 3.05) is 14.2 Å². The molecule has 0 aliphatic heterocycles. The summed E-state index contributed by atoms with van der Waals surface area (Å²) in [7, 11) is 2.30. The number of fused-ring (bicyclic) bond motifs is 4. The van der Waals surface area contributed by atoms with Crippen molar-refractivity contribution in [3.8, 4) is 57.1 Å². The van der Waals surface area contributed by atoms with Crippen LogP contribution in [0, 0.1) is 6.92 Å². The Morgan fingerprint density at radius 3 is 1.84 bits per heavy atom. The molecule has 0 unspecified atom stereocenters. The van der Waals surface area contributed by atoms with E-state index in [1.54, 1.807) is 0 Å². The molecule has 0 saturated carbocycles. The Balaban J connectivity index is 1.72. The molecule has 2 aliphatic rings. The van der Waals surface area contributed by atoms with E-state index in [0.29, 0.717) is 0 Å². The summed E-state index contributed by atoms with van der Waals surface area (Å²) in [5, 5.41) is 76.3. The van der Waals surface area contributed by atoms with E-state index in [0.717, 1.165) is 39.3 Å². The van der Waals surface area contributed by atoms with Crippen LogP contribution in [0.5, 0.6) is 46.0 Å². The van der Waals surface area contributed by atoms with Gasteiger partial charge < -0.3 is 45.2 Å². The van der Waals surface area contributed by atoms with Gasteiger partial charge in [0.05, 0.1) is 58.5 Å². The van der Waals surface area contributed by atoms with Crippen LogP contribution >= 0.6 is 0 Å². The third-order valence-corrected chi connectivity index (χ3v) is 8.33. The van der Waals surface area contributed by atoms with E-state index in [-0.39, 0.29) is 22.4 Å². The first kappa shape index (κ1) is 29.3. The molecule has 0 spiro atoms. The Labute approximate surface area is 252 Å². The fraction of sp³-hybridized carbons (Fsp3) is 0.188. The first-order chi connectivity index (χ1) is 21.1. The van der Waals surface area contributed by atoms with Gasteiger partial charge in [-0.05, 0) is 37.6 Å². The minimum Gasteiger partial charge on any atom is -0.507 e. The normalized spacial score (nSPS) is 17.3. The number of methoxy groups -OCH3 is 2. The molecule has 4 aromatic rings. The smallest absolute Gasteiger partial charge is 0.202 e. The summed E-state index contributed by atoms with van der Waals surface area (Å²) in [6, 6.07) is 3.23. The van der Waals surface area contributed by atoms with Crippen molar-refractivity contribution in [2.24, 2.45) is 0 Å². The molecule has 6 rings (SSSR count). The third-order valence-electron chi connectivity index (χ3n) is 8.33. The van der Waals surface area contributed by atoms with Gasteiger partial charge in [-0.2, -0.15) is 0 Å². The summed E-state index contributed by atoms with van der Waals surface area (Å²) in [5.41, 5.74) is -6.25. The van der Waals surface area contributed by atoms with Crippen molar-refractivity contribution in [3.05, 3.63) is 57.1 Å². The topological polar surface area (TPSA) is 228 Å². The summed E-state index contributed by atoms with van der Waals surface area (Å²) in [4.78, 5) is 53.2. The van der Waals surface area contributed by atoms with Crippen LogP contribution in [0.3, 0.4) is 0 Å². The van der Waals surface area contributed by atoms with E-state index >= 15 is 0 Å². The number of Topliss-reactive ketones (excluding diaryl/α,β-unsaturated/α-hetero) is 2. The fourth-order valence-electron chi connectivity index (χ4n) is 6.17. The van der Waals surface area contributed by atoms with Gasteiger partial charge in [0.2, 0.25) is 5.78 Å². The third kappa shape index (κ3) is 3.64. The van der Waals surface area contributed by atoms with E-state index in [2.05, 4.69) is 0 Å². The number of benzene rings is 4. The van der Waals surface area contributed by atoms with Crippen molar-refractivity contribution < 1.29 is 64.4 Å². The number of rotatable bonds is 3. The molecule has 0 radical (unpaired) electrons. The van der Waals surface area contributed by atoms with Crippen molar-refractivity contribution in [1.29, 1.82) is 0 Å². The predicted molar refractivity (Wildman–Crippen MR) is 154 cm³/mol. The summed E-state index contributed by atoms with van der Waals surface area (Å²) in [6.45, 7) is 2.49. The second-order valence-electron chi connectivity index (χ2n) is 11.1. The maximum Gasteiger partial charge on any atom is 0.202 e. The van der Waals surface area contributed by atoms with E-state index in [1.807, 2.05) is 0 Å². The average Bonchev–Trinajstić information content (AvgIpc) is 2.97.